The van der Waals surface area contributed by atoms with Crippen LogP contribution in [0.3, 0.4) is 0 Å². The third-order valence-electron chi connectivity index (χ3n) is 6.12. The van der Waals surface area contributed by atoms with Gasteiger partial charge in [-0.2, -0.15) is 0 Å². The minimum absolute atomic E-state index is 0.337. The van der Waals surface area contributed by atoms with Crippen molar-refractivity contribution in [1.82, 2.24) is 10.6 Å². The van der Waals surface area contributed by atoms with E-state index in [1.54, 1.807) is 6.07 Å². The van der Waals surface area contributed by atoms with Crippen LogP contribution in [-0.4, -0.2) is 48.2 Å². The molecule has 2 aromatic rings. The molecule has 0 fully saturated rings. The fraction of sp³-hybridized carbons (Fsp3) is 0.500. The van der Waals surface area contributed by atoms with Crippen LogP contribution in [0.4, 0.5) is 0 Å². The van der Waals surface area contributed by atoms with Crippen LogP contribution in [0.25, 0.3) is 11.0 Å². The fourth-order valence-corrected chi connectivity index (χ4v) is 4.44. The normalized spacial score (nSPS) is 16.1. The number of amides is 2. The van der Waals surface area contributed by atoms with Crippen LogP contribution in [0.15, 0.2) is 15.3 Å². The van der Waals surface area contributed by atoms with Crippen LogP contribution >= 0.6 is 0 Å². The van der Waals surface area contributed by atoms with Crippen LogP contribution < -0.4 is 25.7 Å². The van der Waals surface area contributed by atoms with E-state index in [2.05, 4.69) is 10.6 Å². The van der Waals surface area contributed by atoms with Crippen LogP contribution in [0.5, 0.6) is 11.5 Å². The number of fused-ring (bicyclic) bond motifs is 5. The van der Waals surface area contributed by atoms with Crippen molar-refractivity contribution < 1.29 is 33.4 Å². The Bertz CT molecular complexity index is 1210. The molecule has 0 bridgehead atoms. The lowest BCUT2D eigenvalue weighted by Gasteiger charge is -2.33. The quantitative estimate of drug-likeness (QED) is 0.514. The van der Waals surface area contributed by atoms with E-state index in [-0.39, 0.29) is 18.8 Å². The number of carbonyl (C=O) groups is 3. The molecule has 182 valence electrons. The van der Waals surface area contributed by atoms with Crippen LogP contribution in [0.1, 0.15) is 49.8 Å². The molecule has 10 nitrogen and oxygen atoms in total. The minimum Gasteiger partial charge on any atom is -0.487 e. The summed E-state index contributed by atoms with van der Waals surface area (Å²) in [6.07, 6.45) is 4.66. The Morgan fingerprint density at radius 3 is 2.47 bits per heavy atom. The van der Waals surface area contributed by atoms with Crippen molar-refractivity contribution in [3.63, 3.8) is 0 Å². The standard InChI is InChI=1S/C24H28N2O8/c1-24(2)8-7-15-16(34-24)9-17(32-12-19(28)25-10-18(27)26-11-20(29)30)21-13-5-3-4-6-14(13)23(31)33-22(15)21/h9H,3-8,10-12H2,1-2H3,(H,25,28)(H,26,27)(H,29,30). The largest absolute Gasteiger partial charge is 0.487 e. The van der Waals surface area contributed by atoms with Gasteiger partial charge in [0.2, 0.25) is 5.91 Å². The first-order valence-corrected chi connectivity index (χ1v) is 11.4. The van der Waals surface area contributed by atoms with Gasteiger partial charge in [0.05, 0.1) is 11.9 Å². The fourth-order valence-electron chi connectivity index (χ4n) is 4.44. The summed E-state index contributed by atoms with van der Waals surface area (Å²) in [4.78, 5) is 47.2. The summed E-state index contributed by atoms with van der Waals surface area (Å²) in [5.41, 5.74) is 2.09. The van der Waals surface area contributed by atoms with E-state index >= 15 is 0 Å². The third-order valence-corrected chi connectivity index (χ3v) is 6.12. The average Bonchev–Trinajstić information content (AvgIpc) is 2.79. The van der Waals surface area contributed by atoms with Gasteiger partial charge in [-0.25, -0.2) is 4.79 Å². The van der Waals surface area contributed by atoms with E-state index in [1.165, 1.54) is 0 Å². The molecule has 1 aromatic carbocycles. The molecule has 2 aliphatic rings. The number of ether oxygens (including phenoxy) is 2. The number of hydrogen-bond acceptors (Lipinski definition) is 7. The van der Waals surface area contributed by atoms with E-state index in [4.69, 9.17) is 19.0 Å². The minimum atomic E-state index is -1.18. The molecule has 2 heterocycles. The predicted molar refractivity (Wildman–Crippen MR) is 121 cm³/mol. The topological polar surface area (TPSA) is 144 Å². The van der Waals surface area contributed by atoms with Crippen LogP contribution in [-0.2, 0) is 33.6 Å². The number of rotatable bonds is 7. The maximum absolute atomic E-state index is 12.7. The molecule has 34 heavy (non-hydrogen) atoms. The van der Waals surface area contributed by atoms with Gasteiger partial charge < -0.3 is 29.6 Å². The number of aliphatic carboxylic acids is 1. The molecule has 2 amide bonds. The number of carbonyl (C=O) groups excluding carboxylic acids is 2. The van der Waals surface area contributed by atoms with E-state index in [9.17, 15) is 19.2 Å². The van der Waals surface area contributed by atoms with E-state index in [1.807, 2.05) is 13.8 Å². The Morgan fingerprint density at radius 2 is 1.74 bits per heavy atom. The molecule has 0 spiro atoms. The van der Waals surface area contributed by atoms with Crippen molar-refractivity contribution in [3.8, 4) is 11.5 Å². The van der Waals surface area contributed by atoms with Crippen LogP contribution in [0, 0.1) is 0 Å². The molecule has 1 aromatic heterocycles. The van der Waals surface area contributed by atoms with Crippen molar-refractivity contribution >= 4 is 28.8 Å². The summed E-state index contributed by atoms with van der Waals surface area (Å²) < 4.78 is 17.8. The SMILES string of the molecule is CC1(C)CCc2c(cc(OCC(=O)NCC(=O)NCC(=O)O)c3c4c(c(=O)oc23)CCCC4)O1. The van der Waals surface area contributed by atoms with Crippen molar-refractivity contribution in [1.29, 1.82) is 0 Å². The summed E-state index contributed by atoms with van der Waals surface area (Å²) in [6, 6.07) is 1.75. The summed E-state index contributed by atoms with van der Waals surface area (Å²) in [6.45, 7) is 2.68. The monoisotopic (exact) mass is 472 g/mol. The first-order valence-electron chi connectivity index (χ1n) is 11.4. The molecule has 4 rings (SSSR count). The number of aryl methyl sites for hydroxylation is 2. The molecule has 0 saturated heterocycles. The Hall–Kier alpha value is -3.56. The van der Waals surface area contributed by atoms with Crippen LogP contribution in [0.2, 0.25) is 0 Å². The smallest absolute Gasteiger partial charge is 0.339 e. The zero-order chi connectivity index (χ0) is 24.5. The van der Waals surface area contributed by atoms with Crippen molar-refractivity contribution in [2.75, 3.05) is 19.7 Å². The highest BCUT2D eigenvalue weighted by Crippen LogP contribution is 2.44. The van der Waals surface area contributed by atoms with Gasteiger partial charge in [0.25, 0.3) is 5.91 Å². The average molecular weight is 472 g/mol. The number of carboxylic acid groups (broad SMARTS) is 1. The summed E-state index contributed by atoms with van der Waals surface area (Å²) in [5, 5.41) is 13.9. The molecule has 1 aliphatic carbocycles. The lowest BCUT2D eigenvalue weighted by molar-refractivity contribution is -0.137. The number of hydrogen-bond donors (Lipinski definition) is 3. The first kappa shape index (κ1) is 23.6. The van der Waals surface area contributed by atoms with Gasteiger partial charge in [-0.3, -0.25) is 14.4 Å². The molecule has 1 aliphatic heterocycles. The predicted octanol–water partition coefficient (Wildman–Crippen LogP) is 1.47. The molecule has 0 radical (unpaired) electrons. The highest BCUT2D eigenvalue weighted by Gasteiger charge is 2.32. The summed E-state index contributed by atoms with van der Waals surface area (Å²) in [5.74, 6) is -1.40. The molecular formula is C24H28N2O8. The van der Waals surface area contributed by atoms with Gasteiger partial charge in [0.15, 0.2) is 6.61 Å². The molecular weight excluding hydrogens is 444 g/mol. The van der Waals surface area contributed by atoms with Gasteiger partial charge in [0.1, 0.15) is 29.2 Å². The molecule has 10 heteroatoms. The molecule has 0 atom stereocenters. The summed E-state index contributed by atoms with van der Waals surface area (Å²) >= 11 is 0. The number of carboxylic acids is 1. The molecule has 0 unspecified atom stereocenters. The van der Waals surface area contributed by atoms with Crippen molar-refractivity contribution in [3.05, 3.63) is 33.2 Å². The second-order valence-electron chi connectivity index (χ2n) is 9.21. The van der Waals surface area contributed by atoms with E-state index in [0.29, 0.717) is 40.9 Å². The van der Waals surface area contributed by atoms with Gasteiger partial charge in [-0.1, -0.05) is 0 Å². The Labute approximate surface area is 195 Å². The van der Waals surface area contributed by atoms with E-state index < -0.39 is 29.9 Å². The Morgan fingerprint density at radius 1 is 1.03 bits per heavy atom. The Kier molecular flexibility index (Phi) is 6.49. The second-order valence-corrected chi connectivity index (χ2v) is 9.21. The molecule has 0 saturated carbocycles. The third kappa shape index (κ3) is 5.00. The maximum atomic E-state index is 12.7. The first-order chi connectivity index (χ1) is 16.1. The zero-order valence-corrected chi connectivity index (χ0v) is 19.2. The maximum Gasteiger partial charge on any atom is 0.339 e. The lowest BCUT2D eigenvalue weighted by atomic mass is 9.87. The van der Waals surface area contributed by atoms with Gasteiger partial charge in [0, 0.05) is 17.2 Å². The summed E-state index contributed by atoms with van der Waals surface area (Å²) in [7, 11) is 0. The zero-order valence-electron chi connectivity index (χ0n) is 19.2. The Balaban J connectivity index is 1.61. The lowest BCUT2D eigenvalue weighted by Crippen LogP contribution is -2.40. The van der Waals surface area contributed by atoms with E-state index in [0.717, 1.165) is 36.8 Å². The highest BCUT2D eigenvalue weighted by atomic mass is 16.5. The van der Waals surface area contributed by atoms with Crippen molar-refractivity contribution in [2.45, 2.75) is 58.0 Å². The number of benzene rings is 1. The van der Waals surface area contributed by atoms with Crippen molar-refractivity contribution in [2.24, 2.45) is 0 Å². The molecule has 3 N–H and O–H groups in total. The van der Waals surface area contributed by atoms with Gasteiger partial charge in [-0.15, -0.1) is 0 Å². The second kappa shape index (κ2) is 9.36. The number of nitrogens with one attached hydrogen (secondary N) is 2. The van der Waals surface area contributed by atoms with Gasteiger partial charge in [-0.05, 0) is 57.9 Å². The van der Waals surface area contributed by atoms with Gasteiger partial charge >= 0.3 is 11.6 Å². The highest BCUT2D eigenvalue weighted by molar-refractivity contribution is 5.93.